The van der Waals surface area contributed by atoms with E-state index in [1.54, 1.807) is 0 Å². The molecule has 0 fully saturated rings. The largest absolute Gasteiger partial charge is 0.0651 e. The van der Waals surface area contributed by atoms with E-state index in [4.69, 9.17) is 0 Å². The van der Waals surface area contributed by atoms with E-state index in [9.17, 15) is 0 Å². The maximum Gasteiger partial charge on any atom is 0.0651 e. The van der Waals surface area contributed by atoms with E-state index in [-0.39, 0.29) is 0 Å². The Morgan fingerprint density at radius 2 is 1.67 bits per heavy atom. The Hall–Kier alpha value is 1.68. The molecule has 35 valence electrons. The maximum absolute atomic E-state index is 3.65. The second-order valence-corrected chi connectivity index (χ2v) is 5.32. The molecular weight excluding hydrogens is 370 g/mol. The summed E-state index contributed by atoms with van der Waals surface area (Å²) in [5, 5.41) is 0. The van der Waals surface area contributed by atoms with Crippen LogP contribution >= 0.6 is 61.1 Å². The molecule has 0 aromatic heterocycles. The van der Waals surface area contributed by atoms with E-state index in [2.05, 4.69) is 68.0 Å². The first kappa shape index (κ1) is 7.68. The van der Waals surface area contributed by atoms with Gasteiger partial charge in [-0.1, -0.05) is 0 Å². The standard InChI is InChI=1S/C3H2BrI2/c1-2(5)3(4)6/h1H2. The number of rotatable bonds is 0. The average molecular weight is 372 g/mol. The summed E-state index contributed by atoms with van der Waals surface area (Å²) in [5.41, 5.74) is 0. The lowest BCUT2D eigenvalue weighted by Gasteiger charge is -1.80. The molecule has 0 aromatic carbocycles. The van der Waals surface area contributed by atoms with E-state index in [1.807, 2.05) is 0 Å². The van der Waals surface area contributed by atoms with Crippen LogP contribution in [0.2, 0.25) is 0 Å². The molecule has 0 aliphatic rings. The van der Waals surface area contributed by atoms with E-state index in [0.29, 0.717) is 0 Å². The minimum absolute atomic E-state index is 1.05. The van der Waals surface area contributed by atoms with Crippen LogP contribution in [0, 0.1) is 6.92 Å². The zero-order valence-corrected chi connectivity index (χ0v) is 8.74. The highest BCUT2D eigenvalue weighted by Crippen LogP contribution is 2.22. The molecule has 0 N–H and O–H groups in total. The summed E-state index contributed by atoms with van der Waals surface area (Å²) in [6, 6.07) is 0. The second kappa shape index (κ2) is 3.65. The molecule has 0 bridgehead atoms. The van der Waals surface area contributed by atoms with Gasteiger partial charge in [-0.15, -0.1) is 0 Å². The maximum atomic E-state index is 3.65. The van der Waals surface area contributed by atoms with Crippen LogP contribution in [0.5, 0.6) is 0 Å². The summed E-state index contributed by atoms with van der Waals surface area (Å²) < 4.78 is 2.13. The summed E-state index contributed by atoms with van der Waals surface area (Å²) in [6.07, 6.45) is 0. The van der Waals surface area contributed by atoms with E-state index in [0.717, 1.165) is 6.07 Å². The van der Waals surface area contributed by atoms with Gasteiger partial charge in [0, 0.05) is 3.58 Å². The van der Waals surface area contributed by atoms with Crippen molar-refractivity contribution in [1.82, 2.24) is 0 Å². The first-order valence-electron chi connectivity index (χ1n) is 1.17. The molecule has 6 heavy (non-hydrogen) atoms. The summed E-state index contributed by atoms with van der Waals surface area (Å²) in [5.74, 6) is 0. The highest BCUT2D eigenvalue weighted by molar-refractivity contribution is 14.1. The lowest BCUT2D eigenvalue weighted by atomic mass is 10.8. The Morgan fingerprint density at radius 3 is 1.67 bits per heavy atom. The monoisotopic (exact) mass is 371 g/mol. The highest BCUT2D eigenvalue weighted by Gasteiger charge is 1.82. The van der Waals surface area contributed by atoms with Gasteiger partial charge in [-0.2, -0.15) is 0 Å². The van der Waals surface area contributed by atoms with Crippen LogP contribution in [0.1, 0.15) is 0 Å². The molecule has 0 heterocycles. The van der Waals surface area contributed by atoms with Gasteiger partial charge in [0.1, 0.15) is 0 Å². The zero-order chi connectivity index (χ0) is 5.15. The molecule has 0 unspecified atom stereocenters. The lowest BCUT2D eigenvalue weighted by Crippen LogP contribution is -1.50. The number of hydrogen-bond acceptors (Lipinski definition) is 0. The summed E-state index contributed by atoms with van der Waals surface area (Å²) in [6.45, 7) is 3.65. The molecule has 1 radical (unpaired) electrons. The number of halogens is 3. The van der Waals surface area contributed by atoms with Gasteiger partial charge in [0.15, 0.2) is 0 Å². The van der Waals surface area contributed by atoms with Crippen LogP contribution in [0.15, 0.2) is 6.07 Å². The van der Waals surface area contributed by atoms with Crippen LogP contribution in [0.4, 0.5) is 0 Å². The lowest BCUT2D eigenvalue weighted by molar-refractivity contribution is 2.12. The van der Waals surface area contributed by atoms with Crippen molar-refractivity contribution in [2.24, 2.45) is 0 Å². The quantitative estimate of drug-likeness (QED) is 0.573. The van der Waals surface area contributed by atoms with Crippen molar-refractivity contribution in [3.8, 4) is 0 Å². The van der Waals surface area contributed by atoms with Crippen molar-refractivity contribution in [2.75, 3.05) is 0 Å². The van der Waals surface area contributed by atoms with Crippen LogP contribution in [-0.4, -0.2) is 0 Å². The van der Waals surface area contributed by atoms with Crippen molar-refractivity contribution >= 4 is 61.1 Å². The molecule has 0 aliphatic carbocycles. The summed E-state index contributed by atoms with van der Waals surface area (Å²) in [7, 11) is 0. The number of hydrogen-bond donors (Lipinski definition) is 0. The normalized spacial score (nSPS) is 14.0. The van der Waals surface area contributed by atoms with Crippen molar-refractivity contribution in [3.63, 3.8) is 0 Å². The molecule has 0 atom stereocenters. The van der Waals surface area contributed by atoms with Crippen LogP contribution in [0.25, 0.3) is 0 Å². The third-order valence-corrected chi connectivity index (χ3v) is 3.65. The van der Waals surface area contributed by atoms with Gasteiger partial charge >= 0.3 is 0 Å². The Balaban J connectivity index is 3.68. The molecule has 0 rings (SSSR count). The third kappa shape index (κ3) is 3.86. The molecule has 0 nitrogen and oxygen atoms in total. The van der Waals surface area contributed by atoms with E-state index >= 15 is 0 Å². The Morgan fingerprint density at radius 1 is 1.50 bits per heavy atom. The van der Waals surface area contributed by atoms with Gasteiger partial charge in [0.25, 0.3) is 0 Å². The number of allylic oxidation sites excluding steroid dienone is 1. The highest BCUT2D eigenvalue weighted by atomic mass is 127. The molecule has 3 heteroatoms. The minimum Gasteiger partial charge on any atom is -0.0474 e. The van der Waals surface area contributed by atoms with Crippen molar-refractivity contribution in [1.29, 1.82) is 0 Å². The van der Waals surface area contributed by atoms with E-state index < -0.39 is 0 Å². The summed E-state index contributed by atoms with van der Waals surface area (Å²) >= 11 is 7.54. The van der Waals surface area contributed by atoms with Crippen LogP contribution in [0.3, 0.4) is 0 Å². The van der Waals surface area contributed by atoms with Crippen LogP contribution in [-0.2, 0) is 0 Å². The van der Waals surface area contributed by atoms with Gasteiger partial charge in [-0.05, 0) is 68.0 Å². The Kier molecular flexibility index (Phi) is 4.68. The molecule has 0 saturated heterocycles. The Labute approximate surface area is 73.2 Å². The summed E-state index contributed by atoms with van der Waals surface area (Å²) in [4.78, 5) is 0. The van der Waals surface area contributed by atoms with Gasteiger partial charge in [-0.3, -0.25) is 0 Å². The molecule has 0 saturated carbocycles. The molecule has 0 aromatic rings. The molecule has 0 spiro atoms. The van der Waals surface area contributed by atoms with Crippen molar-refractivity contribution in [3.05, 3.63) is 13.0 Å². The topological polar surface area (TPSA) is 0 Å². The predicted molar refractivity (Wildman–Crippen MR) is 49.4 cm³/mol. The molecule has 0 amide bonds. The fourth-order valence-electron chi connectivity index (χ4n) is 0. The average Bonchev–Trinajstić information content (AvgIpc) is 1.36. The third-order valence-electron chi connectivity index (χ3n) is 0.205. The molecule has 0 aliphatic heterocycles. The minimum atomic E-state index is 1.05. The second-order valence-electron chi connectivity index (χ2n) is 0.665. The van der Waals surface area contributed by atoms with Gasteiger partial charge in [0.2, 0.25) is 0 Å². The fraction of sp³-hybridized carbons (Fsp3) is 0. The first-order chi connectivity index (χ1) is 2.64. The van der Waals surface area contributed by atoms with Gasteiger partial charge < -0.3 is 0 Å². The van der Waals surface area contributed by atoms with Gasteiger partial charge in [0.05, 0.1) is 2.49 Å². The fourth-order valence-corrected chi connectivity index (χ4v) is 0. The van der Waals surface area contributed by atoms with Crippen molar-refractivity contribution < 1.29 is 0 Å². The first-order valence-corrected chi connectivity index (χ1v) is 4.12. The van der Waals surface area contributed by atoms with Crippen molar-refractivity contribution in [2.45, 2.75) is 0 Å². The van der Waals surface area contributed by atoms with Crippen LogP contribution < -0.4 is 0 Å². The zero-order valence-electron chi connectivity index (χ0n) is 2.84. The smallest absolute Gasteiger partial charge is 0.0474 e. The Bertz CT molecular complexity index is 58.9. The van der Waals surface area contributed by atoms with E-state index in [1.165, 1.54) is 0 Å². The van der Waals surface area contributed by atoms with Gasteiger partial charge in [-0.25, -0.2) is 0 Å². The molecular formula is C3H2BrI2. The predicted octanol–water partition coefficient (Wildman–Crippen LogP) is 3.25. The SMILES string of the molecule is [CH2]C(I)=C(Br)I.